The molecule has 1 aliphatic heterocycles. The summed E-state index contributed by atoms with van der Waals surface area (Å²) in [7, 11) is -4.06. The highest BCUT2D eigenvalue weighted by molar-refractivity contribution is 7.89. The van der Waals surface area contributed by atoms with Gasteiger partial charge in [-0.2, -0.15) is 4.31 Å². The molecule has 9 heteroatoms. The van der Waals surface area contributed by atoms with E-state index in [1.165, 1.54) is 0 Å². The number of carboxylic acids is 1. The van der Waals surface area contributed by atoms with Gasteiger partial charge in [0.2, 0.25) is 16.8 Å². The Morgan fingerprint density at radius 2 is 2.04 bits per heavy atom. The number of carbonyl (C=O) groups excluding carboxylic acids is 1. The quantitative estimate of drug-likeness (QED) is 0.819. The van der Waals surface area contributed by atoms with Crippen LogP contribution in [0.3, 0.4) is 0 Å². The number of amides is 1. The molecule has 8 nitrogen and oxygen atoms in total. The van der Waals surface area contributed by atoms with Gasteiger partial charge in [-0.15, -0.1) is 0 Å². The highest BCUT2D eigenvalue weighted by Gasteiger charge is 2.41. The number of hydrogen-bond acceptors (Lipinski definition) is 5. The third kappa shape index (κ3) is 3.96. The van der Waals surface area contributed by atoms with Crippen molar-refractivity contribution in [2.45, 2.75) is 44.7 Å². The molecule has 2 heterocycles. The molecule has 0 saturated carbocycles. The van der Waals surface area contributed by atoms with E-state index in [0.29, 0.717) is 19.4 Å². The molecular formula is C15H22N2O6S. The van der Waals surface area contributed by atoms with Gasteiger partial charge in [-0.1, -0.05) is 20.8 Å². The molecule has 1 saturated heterocycles. The summed E-state index contributed by atoms with van der Waals surface area (Å²) >= 11 is 0. The van der Waals surface area contributed by atoms with E-state index in [1.54, 1.807) is 0 Å². The molecule has 1 amide bonds. The van der Waals surface area contributed by atoms with Crippen LogP contribution in [-0.4, -0.2) is 48.8 Å². The second kappa shape index (κ2) is 6.56. The monoisotopic (exact) mass is 358 g/mol. The van der Waals surface area contributed by atoms with Crippen molar-refractivity contribution >= 4 is 21.9 Å². The number of hydrogen-bond donors (Lipinski definition) is 2. The van der Waals surface area contributed by atoms with Crippen LogP contribution in [0, 0.1) is 5.41 Å². The number of nitrogens with one attached hydrogen (secondary N) is 1. The Morgan fingerprint density at radius 1 is 1.38 bits per heavy atom. The third-order valence-corrected chi connectivity index (χ3v) is 5.44. The highest BCUT2D eigenvalue weighted by atomic mass is 32.2. The summed E-state index contributed by atoms with van der Waals surface area (Å²) in [6, 6.07) is 1.37. The Hall–Kier alpha value is -1.87. The minimum absolute atomic E-state index is 0.116. The van der Waals surface area contributed by atoms with E-state index in [4.69, 9.17) is 9.52 Å². The lowest BCUT2D eigenvalue weighted by atomic mass is 9.97. The molecule has 0 aliphatic carbocycles. The topological polar surface area (TPSA) is 117 Å². The number of aromatic carboxylic acids is 1. The summed E-state index contributed by atoms with van der Waals surface area (Å²) in [5, 5.41) is 11.2. The number of rotatable bonds is 5. The maximum atomic E-state index is 12.6. The number of furan rings is 1. The zero-order valence-electron chi connectivity index (χ0n) is 13.9. The molecule has 24 heavy (non-hydrogen) atoms. The Morgan fingerprint density at radius 3 is 2.58 bits per heavy atom. The Balaban J connectivity index is 2.19. The molecule has 0 bridgehead atoms. The van der Waals surface area contributed by atoms with Crippen LogP contribution in [0.5, 0.6) is 0 Å². The lowest BCUT2D eigenvalue weighted by Crippen LogP contribution is -2.47. The van der Waals surface area contributed by atoms with Crippen molar-refractivity contribution < 1.29 is 27.5 Å². The van der Waals surface area contributed by atoms with Gasteiger partial charge >= 0.3 is 5.97 Å². The molecule has 1 aliphatic rings. The minimum Gasteiger partial charge on any atom is -0.475 e. The number of nitrogens with zero attached hydrogens (tertiary/aromatic N) is 1. The fraction of sp³-hybridized carbons (Fsp3) is 0.600. The standard InChI is InChI=1S/C15H22N2O6S/c1-15(2,3)9-16-13(18)10-5-4-8-17(10)24(21,22)12-7-6-11(23-12)14(19)20/h6-7,10H,4-5,8-9H2,1-3H3,(H,16,18)(H,19,20). The summed E-state index contributed by atoms with van der Waals surface area (Å²) in [4.78, 5) is 23.2. The molecule has 1 unspecified atom stereocenters. The van der Waals surface area contributed by atoms with Gasteiger partial charge < -0.3 is 14.8 Å². The molecule has 1 aromatic rings. The van der Waals surface area contributed by atoms with E-state index in [0.717, 1.165) is 16.4 Å². The molecule has 134 valence electrons. The van der Waals surface area contributed by atoms with E-state index in [1.807, 2.05) is 20.8 Å². The number of carbonyl (C=O) groups is 2. The first-order chi connectivity index (χ1) is 11.0. The SMILES string of the molecule is CC(C)(C)CNC(=O)C1CCCN1S(=O)(=O)c1ccc(C(=O)O)o1. The van der Waals surface area contributed by atoms with Crippen LogP contribution in [0.15, 0.2) is 21.6 Å². The molecular weight excluding hydrogens is 336 g/mol. The molecule has 0 aromatic carbocycles. The average Bonchev–Trinajstić information content (AvgIpc) is 3.12. The Bertz CT molecular complexity index is 731. The van der Waals surface area contributed by atoms with Crippen LogP contribution >= 0.6 is 0 Å². The largest absolute Gasteiger partial charge is 0.475 e. The first-order valence-electron chi connectivity index (χ1n) is 7.65. The van der Waals surface area contributed by atoms with Crippen LogP contribution in [-0.2, 0) is 14.8 Å². The van der Waals surface area contributed by atoms with Gasteiger partial charge in [-0.25, -0.2) is 13.2 Å². The Kier molecular flexibility index (Phi) is 5.05. The van der Waals surface area contributed by atoms with Crippen LogP contribution in [0.1, 0.15) is 44.2 Å². The summed E-state index contributed by atoms with van der Waals surface area (Å²) in [6.07, 6.45) is 0.973. The summed E-state index contributed by atoms with van der Waals surface area (Å²) in [5.74, 6) is -2.16. The van der Waals surface area contributed by atoms with Crippen molar-refractivity contribution in [1.82, 2.24) is 9.62 Å². The summed E-state index contributed by atoms with van der Waals surface area (Å²) < 4.78 is 31.3. The predicted molar refractivity (Wildman–Crippen MR) is 85.0 cm³/mol. The first kappa shape index (κ1) is 18.5. The number of carboxylic acid groups (broad SMARTS) is 1. The lowest BCUT2D eigenvalue weighted by Gasteiger charge is -2.24. The van der Waals surface area contributed by atoms with Gasteiger partial charge in [0.25, 0.3) is 10.0 Å². The predicted octanol–water partition coefficient (Wildman–Crippen LogP) is 1.29. The average molecular weight is 358 g/mol. The molecule has 1 aromatic heterocycles. The van der Waals surface area contributed by atoms with Crippen molar-refractivity contribution in [3.8, 4) is 0 Å². The fourth-order valence-corrected chi connectivity index (χ4v) is 4.02. The normalized spacial score (nSPS) is 19.4. The van der Waals surface area contributed by atoms with Crippen LogP contribution in [0.4, 0.5) is 0 Å². The second-order valence-corrected chi connectivity index (χ2v) is 8.80. The van der Waals surface area contributed by atoms with Crippen LogP contribution < -0.4 is 5.32 Å². The zero-order valence-corrected chi connectivity index (χ0v) is 14.7. The van der Waals surface area contributed by atoms with Crippen molar-refractivity contribution in [1.29, 1.82) is 0 Å². The number of sulfonamides is 1. The van der Waals surface area contributed by atoms with Crippen molar-refractivity contribution in [3.63, 3.8) is 0 Å². The van der Waals surface area contributed by atoms with E-state index >= 15 is 0 Å². The van der Waals surface area contributed by atoms with Gasteiger partial charge in [0.15, 0.2) is 0 Å². The van der Waals surface area contributed by atoms with Gasteiger partial charge in [0.1, 0.15) is 6.04 Å². The van der Waals surface area contributed by atoms with Crippen molar-refractivity contribution in [2.75, 3.05) is 13.1 Å². The Labute approximate surface area is 140 Å². The van der Waals surface area contributed by atoms with E-state index < -0.39 is 32.9 Å². The smallest absolute Gasteiger partial charge is 0.371 e. The molecule has 1 atom stereocenters. The van der Waals surface area contributed by atoms with Gasteiger partial charge in [0.05, 0.1) is 0 Å². The van der Waals surface area contributed by atoms with Crippen molar-refractivity contribution in [2.24, 2.45) is 5.41 Å². The fourth-order valence-electron chi connectivity index (χ4n) is 2.45. The molecule has 1 fully saturated rings. The van der Waals surface area contributed by atoms with E-state index in [9.17, 15) is 18.0 Å². The van der Waals surface area contributed by atoms with Crippen molar-refractivity contribution in [3.05, 3.63) is 17.9 Å². The second-order valence-electron chi connectivity index (χ2n) is 6.98. The molecule has 2 rings (SSSR count). The summed E-state index contributed by atoms with van der Waals surface area (Å²) in [6.45, 7) is 6.52. The van der Waals surface area contributed by atoms with E-state index in [2.05, 4.69) is 5.32 Å². The first-order valence-corrected chi connectivity index (χ1v) is 9.09. The lowest BCUT2D eigenvalue weighted by molar-refractivity contribution is -0.124. The highest BCUT2D eigenvalue weighted by Crippen LogP contribution is 2.27. The molecule has 0 spiro atoms. The van der Waals surface area contributed by atoms with Crippen LogP contribution in [0.25, 0.3) is 0 Å². The van der Waals surface area contributed by atoms with Crippen LogP contribution in [0.2, 0.25) is 0 Å². The maximum Gasteiger partial charge on any atom is 0.371 e. The minimum atomic E-state index is -4.06. The zero-order chi connectivity index (χ0) is 18.1. The molecule has 2 N–H and O–H groups in total. The summed E-state index contributed by atoms with van der Waals surface area (Å²) in [5.41, 5.74) is -0.116. The third-order valence-electron chi connectivity index (χ3n) is 3.65. The van der Waals surface area contributed by atoms with E-state index in [-0.39, 0.29) is 17.9 Å². The van der Waals surface area contributed by atoms with Gasteiger partial charge in [0, 0.05) is 13.1 Å². The van der Waals surface area contributed by atoms with Gasteiger partial charge in [-0.3, -0.25) is 4.79 Å². The maximum absolute atomic E-state index is 12.6. The van der Waals surface area contributed by atoms with Gasteiger partial charge in [-0.05, 0) is 30.4 Å². The molecule has 0 radical (unpaired) electrons.